The van der Waals surface area contributed by atoms with E-state index in [1.807, 2.05) is 36.1 Å². The molecule has 8 nitrogen and oxygen atoms in total. The predicted octanol–water partition coefficient (Wildman–Crippen LogP) is 3.84. The van der Waals surface area contributed by atoms with Gasteiger partial charge in [0.15, 0.2) is 5.65 Å². The Morgan fingerprint density at radius 3 is 2.81 bits per heavy atom. The average molecular weight is 507 g/mol. The molecule has 0 spiro atoms. The molecule has 1 saturated carbocycles. The summed E-state index contributed by atoms with van der Waals surface area (Å²) in [5.74, 6) is -0.0624. The number of nitrogens with one attached hydrogen (secondary N) is 3. The van der Waals surface area contributed by atoms with Crippen molar-refractivity contribution >= 4 is 56.9 Å². The van der Waals surface area contributed by atoms with Crippen molar-refractivity contribution in [2.24, 2.45) is 0 Å². The Labute approximate surface area is 195 Å². The molecule has 0 bridgehead atoms. The van der Waals surface area contributed by atoms with Gasteiger partial charge in [-0.05, 0) is 43.7 Å². The normalized spacial score (nSPS) is 18.1. The van der Waals surface area contributed by atoms with E-state index in [1.54, 1.807) is 0 Å². The van der Waals surface area contributed by atoms with Gasteiger partial charge in [-0.1, -0.05) is 28.8 Å². The minimum absolute atomic E-state index is 0. The van der Waals surface area contributed by atoms with Gasteiger partial charge >= 0.3 is 0 Å². The van der Waals surface area contributed by atoms with Crippen LogP contribution in [0.5, 0.6) is 0 Å². The number of rotatable bonds is 6. The standard InChI is InChI=1S/C21H24BrN7O.ClH/c1-23-8-9-24-21-26-18(17-14-10-12(22)6-7-16(14)25-20(17)30)15-11-29(28-19(15)27-21)13-4-2-3-5-13;/h6-7,10-11,13,17,23H,2-5,8-9H2,1H3,(H,25,30)(H,24,27,28);1H. The molecule has 0 saturated heterocycles. The van der Waals surface area contributed by atoms with Crippen molar-refractivity contribution in [1.29, 1.82) is 0 Å². The fourth-order valence-corrected chi connectivity index (χ4v) is 4.78. The van der Waals surface area contributed by atoms with Crippen molar-refractivity contribution in [3.05, 3.63) is 40.1 Å². The number of nitrogens with zero attached hydrogens (tertiary/aromatic N) is 4. The van der Waals surface area contributed by atoms with Gasteiger partial charge in [-0.15, -0.1) is 12.4 Å². The van der Waals surface area contributed by atoms with Crippen LogP contribution in [0.1, 0.15) is 48.9 Å². The number of benzene rings is 1. The van der Waals surface area contributed by atoms with Crippen molar-refractivity contribution in [3.8, 4) is 0 Å². The maximum Gasteiger partial charge on any atom is 0.238 e. The third-order valence-electron chi connectivity index (χ3n) is 5.90. The zero-order chi connectivity index (χ0) is 20.7. The molecule has 2 aliphatic rings. The quantitative estimate of drug-likeness (QED) is 0.440. The summed E-state index contributed by atoms with van der Waals surface area (Å²) in [6, 6.07) is 6.23. The van der Waals surface area contributed by atoms with Gasteiger partial charge < -0.3 is 16.0 Å². The van der Waals surface area contributed by atoms with Crippen molar-refractivity contribution in [2.45, 2.75) is 37.6 Å². The summed E-state index contributed by atoms with van der Waals surface area (Å²) in [6.07, 6.45) is 6.74. The van der Waals surface area contributed by atoms with Gasteiger partial charge in [0.1, 0.15) is 5.92 Å². The number of hydrogen-bond acceptors (Lipinski definition) is 6. The van der Waals surface area contributed by atoms with Crippen LogP contribution in [-0.4, -0.2) is 45.8 Å². The number of anilines is 2. The first-order valence-corrected chi connectivity index (χ1v) is 11.2. The lowest BCUT2D eigenvalue weighted by Crippen LogP contribution is -2.20. The van der Waals surface area contributed by atoms with Gasteiger partial charge in [0, 0.05) is 29.4 Å². The molecular weight excluding hydrogens is 482 g/mol. The molecule has 5 rings (SSSR count). The molecule has 2 aromatic heterocycles. The highest BCUT2D eigenvalue weighted by Gasteiger charge is 2.35. The second-order valence-corrected chi connectivity index (χ2v) is 8.82. The van der Waals surface area contributed by atoms with E-state index >= 15 is 0 Å². The molecule has 3 N–H and O–H groups in total. The fourth-order valence-electron chi connectivity index (χ4n) is 4.40. The van der Waals surface area contributed by atoms with E-state index in [4.69, 9.17) is 10.1 Å². The Bertz CT molecular complexity index is 1110. The first-order valence-electron chi connectivity index (χ1n) is 10.4. The molecule has 1 atom stereocenters. The maximum absolute atomic E-state index is 13.0. The molecule has 10 heteroatoms. The number of halogens is 2. The van der Waals surface area contributed by atoms with Gasteiger partial charge in [0.05, 0.1) is 17.1 Å². The van der Waals surface area contributed by atoms with E-state index in [0.717, 1.165) is 40.5 Å². The number of carbonyl (C=O) groups is 1. The summed E-state index contributed by atoms with van der Waals surface area (Å²) in [7, 11) is 1.90. The Morgan fingerprint density at radius 1 is 1.23 bits per heavy atom. The molecule has 3 aromatic rings. The average Bonchev–Trinajstić information content (AvgIpc) is 3.45. The lowest BCUT2D eigenvalue weighted by Gasteiger charge is -2.12. The van der Waals surface area contributed by atoms with E-state index in [0.29, 0.717) is 29.9 Å². The first-order chi connectivity index (χ1) is 14.6. The van der Waals surface area contributed by atoms with Crippen molar-refractivity contribution in [1.82, 2.24) is 25.1 Å². The fraction of sp³-hybridized carbons (Fsp3) is 0.429. The molecule has 1 unspecified atom stereocenters. The van der Waals surface area contributed by atoms with Gasteiger partial charge in [0.25, 0.3) is 0 Å². The van der Waals surface area contributed by atoms with Crippen LogP contribution in [0, 0.1) is 0 Å². The second-order valence-electron chi connectivity index (χ2n) is 7.90. The summed E-state index contributed by atoms with van der Waals surface area (Å²) in [5.41, 5.74) is 3.08. The Hall–Kier alpha value is -2.23. The predicted molar refractivity (Wildman–Crippen MR) is 127 cm³/mol. The third kappa shape index (κ3) is 4.14. The SMILES string of the molecule is CNCCNc1nc(C2C(=O)Nc3ccc(Br)cc32)c2cn(C3CCCC3)nc2n1.Cl. The zero-order valence-corrected chi connectivity index (χ0v) is 19.6. The zero-order valence-electron chi connectivity index (χ0n) is 17.2. The maximum atomic E-state index is 13.0. The largest absolute Gasteiger partial charge is 0.353 e. The second kappa shape index (κ2) is 9.10. The Balaban J connectivity index is 0.00000231. The van der Waals surface area contributed by atoms with Crippen LogP contribution in [0.2, 0.25) is 0 Å². The van der Waals surface area contributed by atoms with Gasteiger partial charge in [0.2, 0.25) is 11.9 Å². The monoisotopic (exact) mass is 505 g/mol. The highest BCUT2D eigenvalue weighted by Crippen LogP contribution is 2.40. The first kappa shape index (κ1) is 22.0. The molecule has 3 heterocycles. The lowest BCUT2D eigenvalue weighted by molar-refractivity contribution is -0.116. The van der Waals surface area contributed by atoms with Gasteiger partial charge in [-0.2, -0.15) is 10.1 Å². The lowest BCUT2D eigenvalue weighted by atomic mass is 9.95. The van der Waals surface area contributed by atoms with Crippen molar-refractivity contribution < 1.29 is 4.79 Å². The molecule has 1 fully saturated rings. The number of likely N-dealkylation sites (N-methyl/N-ethyl adjacent to an activating group) is 1. The molecule has 1 aliphatic heterocycles. The Kier molecular flexibility index (Phi) is 6.45. The highest BCUT2D eigenvalue weighted by atomic mass is 79.9. The number of hydrogen-bond donors (Lipinski definition) is 3. The molecule has 1 aromatic carbocycles. The minimum atomic E-state index is -0.492. The number of fused-ring (bicyclic) bond motifs is 2. The topological polar surface area (TPSA) is 96.8 Å². The van der Waals surface area contributed by atoms with Crippen LogP contribution in [-0.2, 0) is 4.79 Å². The molecule has 1 amide bonds. The minimum Gasteiger partial charge on any atom is -0.353 e. The third-order valence-corrected chi connectivity index (χ3v) is 6.39. The van der Waals surface area contributed by atoms with E-state index in [9.17, 15) is 4.79 Å². The van der Waals surface area contributed by atoms with Crippen LogP contribution in [0.4, 0.5) is 11.6 Å². The van der Waals surface area contributed by atoms with Crippen LogP contribution >= 0.6 is 28.3 Å². The van der Waals surface area contributed by atoms with Crippen LogP contribution in [0.3, 0.4) is 0 Å². The smallest absolute Gasteiger partial charge is 0.238 e. The summed E-state index contributed by atoms with van der Waals surface area (Å²) in [5, 5.41) is 15.0. The molecule has 31 heavy (non-hydrogen) atoms. The van der Waals surface area contributed by atoms with E-state index in [2.05, 4.69) is 36.9 Å². The van der Waals surface area contributed by atoms with Crippen molar-refractivity contribution in [2.75, 3.05) is 30.8 Å². The number of aromatic nitrogens is 4. The van der Waals surface area contributed by atoms with E-state index < -0.39 is 5.92 Å². The van der Waals surface area contributed by atoms with Crippen LogP contribution < -0.4 is 16.0 Å². The highest BCUT2D eigenvalue weighted by molar-refractivity contribution is 9.10. The van der Waals surface area contributed by atoms with Gasteiger partial charge in [-0.3, -0.25) is 9.48 Å². The summed E-state index contributed by atoms with van der Waals surface area (Å²) < 4.78 is 2.96. The molecule has 1 aliphatic carbocycles. The molecular formula is C21H25BrClN7O. The van der Waals surface area contributed by atoms with Gasteiger partial charge in [-0.25, -0.2) is 4.98 Å². The molecule has 0 radical (unpaired) electrons. The number of carbonyl (C=O) groups excluding carboxylic acids is 1. The molecule has 164 valence electrons. The van der Waals surface area contributed by atoms with E-state index in [1.165, 1.54) is 12.8 Å². The van der Waals surface area contributed by atoms with Crippen molar-refractivity contribution in [3.63, 3.8) is 0 Å². The Morgan fingerprint density at radius 2 is 2.03 bits per heavy atom. The summed E-state index contributed by atoms with van der Waals surface area (Å²) in [4.78, 5) is 22.4. The summed E-state index contributed by atoms with van der Waals surface area (Å²) in [6.45, 7) is 1.47. The van der Waals surface area contributed by atoms with E-state index in [-0.39, 0.29) is 18.3 Å². The number of amides is 1. The van der Waals surface area contributed by atoms with Crippen LogP contribution in [0.15, 0.2) is 28.9 Å². The van der Waals surface area contributed by atoms with Crippen LogP contribution in [0.25, 0.3) is 11.0 Å². The summed E-state index contributed by atoms with van der Waals surface area (Å²) >= 11 is 3.53.